The number of nitrogens with zero attached hydrogens (tertiary/aromatic N) is 2. The Labute approximate surface area is 97.8 Å². The Bertz CT molecular complexity index is 276. The van der Waals surface area contributed by atoms with Crippen molar-refractivity contribution in [3.05, 3.63) is 0 Å². The van der Waals surface area contributed by atoms with Crippen LogP contribution in [0.1, 0.15) is 38.5 Å². The molecule has 3 aliphatic heterocycles. The lowest BCUT2D eigenvalue weighted by Gasteiger charge is -2.37. The molecule has 0 saturated carbocycles. The van der Waals surface area contributed by atoms with E-state index in [1.165, 1.54) is 38.8 Å². The lowest BCUT2D eigenvalue weighted by atomic mass is 10.0. The topological polar surface area (TPSA) is 23.6 Å². The Morgan fingerprint density at radius 2 is 1.88 bits per heavy atom. The summed E-state index contributed by atoms with van der Waals surface area (Å²) < 4.78 is 0. The summed E-state index contributed by atoms with van der Waals surface area (Å²) in [5.74, 6) is 0.503. The molecule has 0 N–H and O–H groups in total. The van der Waals surface area contributed by atoms with Crippen molar-refractivity contribution in [1.29, 1.82) is 0 Å². The molecule has 3 unspecified atom stereocenters. The molecular weight excluding hydrogens is 200 g/mol. The van der Waals surface area contributed by atoms with Gasteiger partial charge < -0.3 is 4.90 Å². The van der Waals surface area contributed by atoms with E-state index in [0.717, 1.165) is 18.9 Å². The van der Waals surface area contributed by atoms with E-state index < -0.39 is 0 Å². The number of likely N-dealkylation sites (N-methyl/N-ethyl adjacent to an activating group) is 1. The summed E-state index contributed by atoms with van der Waals surface area (Å²) in [6.07, 6.45) is 6.86. The van der Waals surface area contributed by atoms with Crippen LogP contribution in [0.3, 0.4) is 0 Å². The van der Waals surface area contributed by atoms with Crippen molar-refractivity contribution in [3.63, 3.8) is 0 Å². The smallest absolute Gasteiger partial charge is 0.136 e. The number of piperidine rings is 1. The minimum atomic E-state index is 0.503. The molecule has 0 aromatic carbocycles. The monoisotopic (exact) mass is 222 g/mol. The first-order valence-corrected chi connectivity index (χ1v) is 6.71. The largest absolute Gasteiger partial charge is 0.302 e. The standard InChI is InChI=1S/C13H22N2O/c1-14-6-2-3-12(14)9-15-10-4-5-11(15)8-13(16)7-10/h10-12H,2-9H2,1H3. The van der Waals surface area contributed by atoms with Crippen LogP contribution in [0.4, 0.5) is 0 Å². The van der Waals surface area contributed by atoms with Gasteiger partial charge in [0.2, 0.25) is 0 Å². The van der Waals surface area contributed by atoms with Gasteiger partial charge in [0.1, 0.15) is 5.78 Å². The lowest BCUT2D eigenvalue weighted by Crippen LogP contribution is -2.48. The van der Waals surface area contributed by atoms with Crippen molar-refractivity contribution in [3.8, 4) is 0 Å². The number of likely N-dealkylation sites (tertiary alicyclic amines) is 1. The second kappa shape index (κ2) is 4.11. The SMILES string of the molecule is CN1CCCC1CN1C2CCC1CC(=O)C2. The van der Waals surface area contributed by atoms with E-state index in [4.69, 9.17) is 0 Å². The van der Waals surface area contributed by atoms with Crippen LogP contribution < -0.4 is 0 Å². The fourth-order valence-corrected chi connectivity index (χ4v) is 3.81. The molecule has 2 bridgehead atoms. The van der Waals surface area contributed by atoms with E-state index in [0.29, 0.717) is 17.9 Å². The molecule has 0 radical (unpaired) electrons. The zero-order valence-corrected chi connectivity index (χ0v) is 10.2. The maximum absolute atomic E-state index is 11.5. The Balaban J connectivity index is 1.65. The summed E-state index contributed by atoms with van der Waals surface area (Å²) in [5.41, 5.74) is 0. The number of hydrogen-bond donors (Lipinski definition) is 0. The van der Waals surface area contributed by atoms with Crippen LogP contribution in [-0.4, -0.2) is 53.8 Å². The zero-order valence-electron chi connectivity index (χ0n) is 10.2. The Morgan fingerprint density at radius 3 is 2.44 bits per heavy atom. The van der Waals surface area contributed by atoms with Gasteiger partial charge in [0.05, 0.1) is 0 Å². The molecule has 3 heterocycles. The average molecular weight is 222 g/mol. The van der Waals surface area contributed by atoms with E-state index in [1.807, 2.05) is 0 Å². The average Bonchev–Trinajstić information content (AvgIpc) is 2.73. The Hall–Kier alpha value is -0.410. The van der Waals surface area contributed by atoms with E-state index in [9.17, 15) is 4.79 Å². The van der Waals surface area contributed by atoms with E-state index in [2.05, 4.69) is 16.8 Å². The predicted octanol–water partition coefficient (Wildman–Crippen LogP) is 1.28. The summed E-state index contributed by atoms with van der Waals surface area (Å²) in [7, 11) is 2.24. The first-order valence-electron chi connectivity index (χ1n) is 6.71. The van der Waals surface area contributed by atoms with Gasteiger partial charge >= 0.3 is 0 Å². The number of fused-ring (bicyclic) bond motifs is 2. The van der Waals surface area contributed by atoms with Crippen LogP contribution in [0.5, 0.6) is 0 Å². The van der Waals surface area contributed by atoms with Crippen molar-refractivity contribution in [2.24, 2.45) is 0 Å². The van der Waals surface area contributed by atoms with Gasteiger partial charge in [0.25, 0.3) is 0 Å². The van der Waals surface area contributed by atoms with Crippen LogP contribution >= 0.6 is 0 Å². The molecule has 3 atom stereocenters. The number of ketones is 1. The fourth-order valence-electron chi connectivity index (χ4n) is 3.81. The molecule has 3 saturated heterocycles. The van der Waals surface area contributed by atoms with Gasteiger partial charge in [-0.25, -0.2) is 0 Å². The third-order valence-corrected chi connectivity index (χ3v) is 4.79. The normalized spacial score (nSPS) is 40.8. The Kier molecular flexibility index (Phi) is 2.76. The van der Waals surface area contributed by atoms with Crippen LogP contribution in [0.2, 0.25) is 0 Å². The second-order valence-corrected chi connectivity index (χ2v) is 5.81. The molecular formula is C13H22N2O. The fraction of sp³-hybridized carbons (Fsp3) is 0.923. The number of carbonyl (C=O) groups is 1. The summed E-state index contributed by atoms with van der Waals surface area (Å²) in [5, 5.41) is 0. The zero-order chi connectivity index (χ0) is 11.1. The molecule has 0 spiro atoms. The Morgan fingerprint density at radius 1 is 1.19 bits per heavy atom. The van der Waals surface area contributed by atoms with Gasteiger partial charge in [0.15, 0.2) is 0 Å². The highest BCUT2D eigenvalue weighted by Crippen LogP contribution is 2.34. The van der Waals surface area contributed by atoms with Crippen LogP contribution in [0, 0.1) is 0 Å². The van der Waals surface area contributed by atoms with Gasteiger partial charge in [-0.05, 0) is 39.3 Å². The third-order valence-electron chi connectivity index (χ3n) is 4.79. The van der Waals surface area contributed by atoms with Crippen molar-refractivity contribution in [2.45, 2.75) is 56.7 Å². The first kappa shape index (κ1) is 10.7. The third kappa shape index (κ3) is 1.80. The lowest BCUT2D eigenvalue weighted by molar-refractivity contribution is -0.123. The highest BCUT2D eigenvalue weighted by atomic mass is 16.1. The molecule has 0 aliphatic carbocycles. The number of hydrogen-bond acceptors (Lipinski definition) is 3. The van der Waals surface area contributed by atoms with Gasteiger partial charge in [-0.1, -0.05) is 0 Å². The molecule has 16 heavy (non-hydrogen) atoms. The van der Waals surface area contributed by atoms with E-state index >= 15 is 0 Å². The van der Waals surface area contributed by atoms with Crippen molar-refractivity contribution >= 4 is 5.78 Å². The van der Waals surface area contributed by atoms with Crippen molar-refractivity contribution in [1.82, 2.24) is 9.80 Å². The van der Waals surface area contributed by atoms with E-state index in [1.54, 1.807) is 0 Å². The molecule has 3 fully saturated rings. The molecule has 3 heteroatoms. The summed E-state index contributed by atoms with van der Waals surface area (Å²) in [6, 6.07) is 1.91. The quantitative estimate of drug-likeness (QED) is 0.703. The maximum Gasteiger partial charge on any atom is 0.136 e. The van der Waals surface area contributed by atoms with Gasteiger partial charge in [-0.2, -0.15) is 0 Å². The summed E-state index contributed by atoms with van der Waals surface area (Å²) in [4.78, 5) is 16.7. The van der Waals surface area contributed by atoms with Crippen molar-refractivity contribution < 1.29 is 4.79 Å². The van der Waals surface area contributed by atoms with Gasteiger partial charge in [0, 0.05) is 37.5 Å². The molecule has 3 nitrogen and oxygen atoms in total. The minimum absolute atomic E-state index is 0.503. The highest BCUT2D eigenvalue weighted by Gasteiger charge is 2.41. The molecule has 0 aromatic rings. The maximum atomic E-state index is 11.5. The highest BCUT2D eigenvalue weighted by molar-refractivity contribution is 5.80. The molecule has 3 rings (SSSR count). The van der Waals surface area contributed by atoms with Gasteiger partial charge in [-0.3, -0.25) is 9.69 Å². The van der Waals surface area contributed by atoms with Crippen molar-refractivity contribution in [2.75, 3.05) is 20.1 Å². The molecule has 90 valence electrons. The number of carbonyl (C=O) groups excluding carboxylic acids is 1. The predicted molar refractivity (Wildman–Crippen MR) is 63.4 cm³/mol. The van der Waals surface area contributed by atoms with E-state index in [-0.39, 0.29) is 0 Å². The van der Waals surface area contributed by atoms with Crippen LogP contribution in [0.25, 0.3) is 0 Å². The van der Waals surface area contributed by atoms with Gasteiger partial charge in [-0.15, -0.1) is 0 Å². The number of Topliss-reactive ketones (excluding diaryl/α,β-unsaturated/α-hetero) is 1. The summed E-state index contributed by atoms with van der Waals surface area (Å²) in [6.45, 7) is 2.46. The van der Waals surface area contributed by atoms with Crippen LogP contribution in [0.15, 0.2) is 0 Å². The molecule has 0 amide bonds. The second-order valence-electron chi connectivity index (χ2n) is 5.81. The first-order chi connectivity index (χ1) is 7.74. The van der Waals surface area contributed by atoms with Crippen LogP contribution in [-0.2, 0) is 4.79 Å². The molecule has 3 aliphatic rings. The number of rotatable bonds is 2. The molecule has 0 aromatic heterocycles. The minimum Gasteiger partial charge on any atom is -0.302 e. The summed E-state index contributed by atoms with van der Waals surface area (Å²) >= 11 is 0.